The monoisotopic (exact) mass is 471 g/mol. The van der Waals surface area contributed by atoms with Crippen LogP contribution in [0.4, 0.5) is 4.39 Å². The molecule has 0 bridgehead atoms. The summed E-state index contributed by atoms with van der Waals surface area (Å²) in [6.07, 6.45) is 2.12. The van der Waals surface area contributed by atoms with Gasteiger partial charge in [-0.25, -0.2) is 12.8 Å². The third-order valence-electron chi connectivity index (χ3n) is 5.12. The highest BCUT2D eigenvalue weighted by atomic mass is 35.5. The molecule has 11 heteroatoms. The molecular formula is C20H23ClFN3O5S. The highest BCUT2D eigenvalue weighted by Gasteiger charge is 2.33. The Kier molecular flexibility index (Phi) is 7.34. The molecule has 1 atom stereocenters. The van der Waals surface area contributed by atoms with E-state index in [-0.39, 0.29) is 41.4 Å². The summed E-state index contributed by atoms with van der Waals surface area (Å²) in [7, 11) is -3.84. The third kappa shape index (κ3) is 5.63. The van der Waals surface area contributed by atoms with Crippen LogP contribution in [-0.4, -0.2) is 43.7 Å². The molecule has 2 aromatic rings. The van der Waals surface area contributed by atoms with Gasteiger partial charge in [0.1, 0.15) is 17.6 Å². The molecule has 0 aliphatic carbocycles. The van der Waals surface area contributed by atoms with E-state index in [1.54, 1.807) is 19.1 Å². The van der Waals surface area contributed by atoms with E-state index in [0.717, 1.165) is 12.1 Å². The number of piperidine rings is 1. The van der Waals surface area contributed by atoms with Crippen molar-refractivity contribution in [3.63, 3.8) is 0 Å². The van der Waals surface area contributed by atoms with Crippen molar-refractivity contribution in [3.8, 4) is 0 Å². The lowest BCUT2D eigenvalue weighted by Crippen LogP contribution is -2.49. The number of hydrogen-bond acceptors (Lipinski definition) is 5. The maximum atomic E-state index is 13.3. The molecule has 1 aliphatic heterocycles. The molecule has 0 spiro atoms. The van der Waals surface area contributed by atoms with Crippen LogP contribution in [0, 0.1) is 11.7 Å². The molecule has 0 radical (unpaired) electrons. The third-order valence-corrected chi connectivity index (χ3v) is 7.31. The molecule has 1 aromatic carbocycles. The first-order chi connectivity index (χ1) is 14.7. The van der Waals surface area contributed by atoms with Crippen LogP contribution in [0.1, 0.15) is 25.5 Å². The molecule has 1 saturated heterocycles. The second-order valence-corrected chi connectivity index (χ2v) is 9.63. The number of rotatable bonds is 7. The van der Waals surface area contributed by atoms with Crippen molar-refractivity contribution in [1.29, 1.82) is 0 Å². The number of amides is 2. The lowest BCUT2D eigenvalue weighted by Gasteiger charge is -2.31. The Bertz CT molecular complexity index is 1040. The Morgan fingerprint density at radius 1 is 1.29 bits per heavy atom. The van der Waals surface area contributed by atoms with Gasteiger partial charge in [-0.1, -0.05) is 11.6 Å². The van der Waals surface area contributed by atoms with Crippen LogP contribution >= 0.6 is 11.6 Å². The number of hydrogen-bond donors (Lipinski definition) is 2. The van der Waals surface area contributed by atoms with E-state index < -0.39 is 27.8 Å². The fourth-order valence-electron chi connectivity index (χ4n) is 3.28. The smallest absolute Gasteiger partial charge is 0.243 e. The second kappa shape index (κ2) is 9.80. The zero-order valence-electron chi connectivity index (χ0n) is 16.8. The number of benzene rings is 1. The first-order valence-corrected chi connectivity index (χ1v) is 11.6. The molecular weight excluding hydrogens is 449 g/mol. The number of halogens is 2. The number of nitrogens with zero attached hydrogens (tertiary/aromatic N) is 1. The maximum absolute atomic E-state index is 13.3. The highest BCUT2D eigenvalue weighted by molar-refractivity contribution is 7.89. The summed E-state index contributed by atoms with van der Waals surface area (Å²) in [5.74, 6) is -1.16. The van der Waals surface area contributed by atoms with Gasteiger partial charge in [-0.3, -0.25) is 9.59 Å². The largest absolute Gasteiger partial charge is 0.467 e. The first kappa shape index (κ1) is 23.2. The van der Waals surface area contributed by atoms with Gasteiger partial charge in [-0.15, -0.1) is 0 Å². The van der Waals surface area contributed by atoms with Crippen molar-refractivity contribution in [2.45, 2.75) is 37.2 Å². The van der Waals surface area contributed by atoms with Crippen molar-refractivity contribution >= 4 is 33.4 Å². The fourth-order valence-corrected chi connectivity index (χ4v) is 5.02. The predicted molar refractivity (Wildman–Crippen MR) is 111 cm³/mol. The van der Waals surface area contributed by atoms with E-state index in [0.29, 0.717) is 18.6 Å². The van der Waals surface area contributed by atoms with E-state index in [2.05, 4.69) is 10.6 Å². The molecule has 1 unspecified atom stereocenters. The number of furan rings is 1. The Morgan fingerprint density at radius 3 is 2.61 bits per heavy atom. The standard InChI is InChI=1S/C20H23ClFN3O5S/c1-13(19(26)23-12-15-3-2-10-30-15)24-20(27)14-6-8-25(9-7-14)31(28,29)16-4-5-18(22)17(21)11-16/h2-5,10-11,13-14H,6-9,12H2,1H3,(H,23,26)(H,24,27). The Balaban J connectivity index is 1.50. The van der Waals surface area contributed by atoms with Gasteiger partial charge in [0.25, 0.3) is 0 Å². The van der Waals surface area contributed by atoms with Gasteiger partial charge < -0.3 is 15.1 Å². The molecule has 31 heavy (non-hydrogen) atoms. The fraction of sp³-hybridized carbons (Fsp3) is 0.400. The van der Waals surface area contributed by atoms with Gasteiger partial charge >= 0.3 is 0 Å². The molecule has 0 saturated carbocycles. The summed E-state index contributed by atoms with van der Waals surface area (Å²) in [6, 6.07) is 5.94. The zero-order chi connectivity index (χ0) is 22.6. The summed E-state index contributed by atoms with van der Waals surface area (Å²) in [4.78, 5) is 24.6. The summed E-state index contributed by atoms with van der Waals surface area (Å²) >= 11 is 5.70. The summed E-state index contributed by atoms with van der Waals surface area (Å²) in [5.41, 5.74) is 0. The van der Waals surface area contributed by atoms with Crippen LogP contribution in [-0.2, 0) is 26.2 Å². The highest BCUT2D eigenvalue weighted by Crippen LogP contribution is 2.26. The van der Waals surface area contributed by atoms with Crippen LogP contribution in [0.25, 0.3) is 0 Å². The lowest BCUT2D eigenvalue weighted by atomic mass is 9.97. The minimum atomic E-state index is -3.84. The maximum Gasteiger partial charge on any atom is 0.243 e. The molecule has 8 nitrogen and oxygen atoms in total. The second-order valence-electron chi connectivity index (χ2n) is 7.28. The van der Waals surface area contributed by atoms with Crippen molar-refractivity contribution in [2.24, 2.45) is 5.92 Å². The molecule has 1 aliphatic rings. The Hall–Kier alpha value is -2.43. The number of carbonyl (C=O) groups excluding carboxylic acids is 2. The summed E-state index contributed by atoms with van der Waals surface area (Å²) in [6.45, 7) is 2.06. The quantitative estimate of drug-likeness (QED) is 0.644. The molecule has 2 heterocycles. The molecule has 2 N–H and O–H groups in total. The number of carbonyl (C=O) groups is 2. The average Bonchev–Trinajstić information content (AvgIpc) is 3.27. The Labute approximate surface area is 184 Å². The van der Waals surface area contributed by atoms with Gasteiger partial charge in [0.2, 0.25) is 21.8 Å². The van der Waals surface area contributed by atoms with Gasteiger partial charge in [0.15, 0.2) is 0 Å². The molecule has 168 valence electrons. The molecule has 1 aromatic heterocycles. The van der Waals surface area contributed by atoms with Crippen molar-refractivity contribution < 1.29 is 26.8 Å². The van der Waals surface area contributed by atoms with Crippen LogP contribution < -0.4 is 10.6 Å². The minimum absolute atomic E-state index is 0.0938. The van der Waals surface area contributed by atoms with Gasteiger partial charge in [0.05, 0.1) is 22.7 Å². The molecule has 3 rings (SSSR count). The van der Waals surface area contributed by atoms with E-state index >= 15 is 0 Å². The number of nitrogens with one attached hydrogen (secondary N) is 2. The Morgan fingerprint density at radius 2 is 2.00 bits per heavy atom. The summed E-state index contributed by atoms with van der Waals surface area (Å²) in [5, 5.41) is 5.08. The van der Waals surface area contributed by atoms with Gasteiger partial charge in [-0.2, -0.15) is 4.31 Å². The lowest BCUT2D eigenvalue weighted by molar-refractivity contribution is -0.131. The van der Waals surface area contributed by atoms with Crippen LogP contribution in [0.2, 0.25) is 5.02 Å². The SMILES string of the molecule is CC(NC(=O)C1CCN(S(=O)(=O)c2ccc(F)c(Cl)c2)CC1)C(=O)NCc1ccco1. The summed E-state index contributed by atoms with van der Waals surface area (Å²) < 4.78 is 45.2. The van der Waals surface area contributed by atoms with E-state index in [1.165, 1.54) is 16.6 Å². The van der Waals surface area contributed by atoms with E-state index in [1.807, 2.05) is 0 Å². The molecule has 1 fully saturated rings. The predicted octanol–water partition coefficient (Wildman–Crippen LogP) is 2.29. The average molecular weight is 472 g/mol. The van der Waals surface area contributed by atoms with E-state index in [4.69, 9.17) is 16.0 Å². The van der Waals surface area contributed by atoms with E-state index in [9.17, 15) is 22.4 Å². The van der Waals surface area contributed by atoms with Crippen LogP contribution in [0.15, 0.2) is 45.9 Å². The minimum Gasteiger partial charge on any atom is -0.467 e. The molecule has 2 amide bonds. The van der Waals surface area contributed by atoms with Gasteiger partial charge in [0, 0.05) is 19.0 Å². The normalized spacial score (nSPS) is 16.6. The number of sulfonamides is 1. The van der Waals surface area contributed by atoms with Crippen molar-refractivity contribution in [3.05, 3.63) is 53.2 Å². The first-order valence-electron chi connectivity index (χ1n) is 9.74. The van der Waals surface area contributed by atoms with Crippen molar-refractivity contribution in [2.75, 3.05) is 13.1 Å². The topological polar surface area (TPSA) is 109 Å². The van der Waals surface area contributed by atoms with Crippen LogP contribution in [0.3, 0.4) is 0 Å². The van der Waals surface area contributed by atoms with Crippen LogP contribution in [0.5, 0.6) is 0 Å². The van der Waals surface area contributed by atoms with Gasteiger partial charge in [-0.05, 0) is 50.1 Å². The van der Waals surface area contributed by atoms with Crippen molar-refractivity contribution in [1.82, 2.24) is 14.9 Å². The zero-order valence-corrected chi connectivity index (χ0v) is 18.4.